The Bertz CT molecular complexity index is 220. The first-order chi connectivity index (χ1) is 8.13. The number of likely N-dealkylation sites (tertiary alicyclic amines) is 1. The van der Waals surface area contributed by atoms with Gasteiger partial charge in [0.2, 0.25) is 5.91 Å². The van der Waals surface area contributed by atoms with Crippen molar-refractivity contribution >= 4 is 5.91 Å². The Morgan fingerprint density at radius 2 is 2.00 bits per heavy atom. The van der Waals surface area contributed by atoms with Crippen LogP contribution in [-0.2, 0) is 4.79 Å². The van der Waals surface area contributed by atoms with Gasteiger partial charge in [-0.05, 0) is 18.8 Å². The molecule has 0 unspecified atom stereocenters. The van der Waals surface area contributed by atoms with Crippen molar-refractivity contribution in [3.8, 4) is 0 Å². The Hall–Kier alpha value is -0.570. The summed E-state index contributed by atoms with van der Waals surface area (Å²) in [5.74, 6) is 1.19. The minimum atomic E-state index is 0.327. The van der Waals surface area contributed by atoms with Crippen LogP contribution < -0.4 is 5.32 Å². The Morgan fingerprint density at radius 3 is 2.53 bits per heavy atom. The summed E-state index contributed by atoms with van der Waals surface area (Å²) in [6, 6.07) is 0.470. The molecule has 1 aliphatic heterocycles. The van der Waals surface area contributed by atoms with Crippen molar-refractivity contribution < 1.29 is 4.79 Å². The number of amides is 1. The highest BCUT2D eigenvalue weighted by molar-refractivity contribution is 5.76. The first kappa shape index (κ1) is 14.5. The van der Waals surface area contributed by atoms with Gasteiger partial charge < -0.3 is 10.2 Å². The average molecular weight is 240 g/mol. The van der Waals surface area contributed by atoms with Crippen molar-refractivity contribution in [3.05, 3.63) is 0 Å². The molecule has 0 aliphatic carbocycles. The maximum atomic E-state index is 11.9. The van der Waals surface area contributed by atoms with Crippen LogP contribution >= 0.6 is 0 Å². The topological polar surface area (TPSA) is 32.3 Å². The predicted octanol–water partition coefficient (Wildman–Crippen LogP) is 2.41. The third kappa shape index (κ3) is 5.53. The second-order valence-corrected chi connectivity index (χ2v) is 5.47. The van der Waals surface area contributed by atoms with Crippen LogP contribution in [0.25, 0.3) is 0 Å². The van der Waals surface area contributed by atoms with Crippen molar-refractivity contribution in [1.82, 2.24) is 10.2 Å². The molecule has 0 aromatic rings. The largest absolute Gasteiger partial charge is 0.343 e. The van der Waals surface area contributed by atoms with Gasteiger partial charge in [0.1, 0.15) is 0 Å². The molecule has 1 N–H and O–H groups in total. The molecule has 0 aromatic heterocycles. The highest BCUT2D eigenvalue weighted by Gasteiger charge is 2.21. The number of carbonyl (C=O) groups excluding carboxylic acids is 1. The third-order valence-corrected chi connectivity index (χ3v) is 3.56. The molecular weight excluding hydrogens is 212 g/mol. The number of hydrogen-bond donors (Lipinski definition) is 1. The molecule has 1 rings (SSSR count). The smallest absolute Gasteiger partial charge is 0.223 e. The molecular formula is C14H28N2O. The number of nitrogens with zero attached hydrogens (tertiary/aromatic N) is 1. The van der Waals surface area contributed by atoms with Crippen molar-refractivity contribution in [2.45, 2.75) is 58.9 Å². The van der Waals surface area contributed by atoms with Crippen molar-refractivity contribution in [2.75, 3.05) is 19.6 Å². The quantitative estimate of drug-likeness (QED) is 0.773. The third-order valence-electron chi connectivity index (χ3n) is 3.56. The number of hydrogen-bond acceptors (Lipinski definition) is 2. The molecule has 0 radical (unpaired) electrons. The van der Waals surface area contributed by atoms with E-state index in [1.165, 1.54) is 25.7 Å². The highest BCUT2D eigenvalue weighted by atomic mass is 16.2. The zero-order chi connectivity index (χ0) is 12.7. The fourth-order valence-corrected chi connectivity index (χ4v) is 2.51. The molecule has 0 saturated carbocycles. The van der Waals surface area contributed by atoms with E-state index in [0.29, 0.717) is 18.4 Å². The molecule has 0 aromatic carbocycles. The summed E-state index contributed by atoms with van der Waals surface area (Å²) < 4.78 is 0. The lowest BCUT2D eigenvalue weighted by Crippen LogP contribution is -2.40. The predicted molar refractivity (Wildman–Crippen MR) is 72.0 cm³/mol. The Kier molecular flexibility index (Phi) is 6.56. The Labute approximate surface area is 106 Å². The lowest BCUT2D eigenvalue weighted by atomic mass is 9.92. The molecule has 1 amide bonds. The zero-order valence-electron chi connectivity index (χ0n) is 11.7. The fourth-order valence-electron chi connectivity index (χ4n) is 2.51. The van der Waals surface area contributed by atoms with Crippen LogP contribution in [0.2, 0.25) is 0 Å². The summed E-state index contributed by atoms with van der Waals surface area (Å²) in [5, 5.41) is 3.30. The van der Waals surface area contributed by atoms with E-state index in [1.807, 2.05) is 4.90 Å². The van der Waals surface area contributed by atoms with Gasteiger partial charge in [0.25, 0.3) is 0 Å². The van der Waals surface area contributed by atoms with Crippen molar-refractivity contribution in [2.24, 2.45) is 5.92 Å². The SMILES string of the molecule is CCCC1CCN(C(=O)CCNC(C)C)CC1. The summed E-state index contributed by atoms with van der Waals surface area (Å²) in [4.78, 5) is 14.0. The molecule has 3 nitrogen and oxygen atoms in total. The molecule has 0 bridgehead atoms. The number of nitrogens with one attached hydrogen (secondary N) is 1. The molecule has 1 saturated heterocycles. The summed E-state index contributed by atoms with van der Waals surface area (Å²) in [6.07, 6.45) is 5.67. The Balaban J connectivity index is 2.17. The summed E-state index contributed by atoms with van der Waals surface area (Å²) in [6.45, 7) is 9.23. The molecule has 0 atom stereocenters. The molecule has 1 fully saturated rings. The van der Waals surface area contributed by atoms with Crippen LogP contribution in [-0.4, -0.2) is 36.5 Å². The lowest BCUT2D eigenvalue weighted by molar-refractivity contribution is -0.132. The standard InChI is InChI=1S/C14H28N2O/c1-4-5-13-7-10-16(11-8-13)14(17)6-9-15-12(2)3/h12-13,15H,4-11H2,1-3H3. The number of rotatable bonds is 6. The maximum absolute atomic E-state index is 11.9. The van der Waals surface area contributed by atoms with E-state index < -0.39 is 0 Å². The van der Waals surface area contributed by atoms with Gasteiger partial charge in [0.15, 0.2) is 0 Å². The summed E-state index contributed by atoms with van der Waals surface area (Å²) in [7, 11) is 0. The fraction of sp³-hybridized carbons (Fsp3) is 0.929. The van der Waals surface area contributed by atoms with E-state index in [4.69, 9.17) is 0 Å². The van der Waals surface area contributed by atoms with Crippen LogP contribution in [0.1, 0.15) is 52.9 Å². The second kappa shape index (κ2) is 7.70. The van der Waals surface area contributed by atoms with E-state index in [0.717, 1.165) is 25.6 Å². The van der Waals surface area contributed by atoms with Crippen LogP contribution in [0, 0.1) is 5.92 Å². The first-order valence-electron chi connectivity index (χ1n) is 7.14. The van der Waals surface area contributed by atoms with E-state index in [2.05, 4.69) is 26.1 Å². The van der Waals surface area contributed by atoms with Gasteiger partial charge in [0.05, 0.1) is 0 Å². The van der Waals surface area contributed by atoms with Crippen LogP contribution in [0.3, 0.4) is 0 Å². The van der Waals surface area contributed by atoms with Gasteiger partial charge in [-0.2, -0.15) is 0 Å². The molecule has 0 spiro atoms. The van der Waals surface area contributed by atoms with E-state index in [1.54, 1.807) is 0 Å². The number of piperidine rings is 1. The van der Waals surface area contributed by atoms with Crippen LogP contribution in [0.5, 0.6) is 0 Å². The minimum Gasteiger partial charge on any atom is -0.343 e. The lowest BCUT2D eigenvalue weighted by Gasteiger charge is -2.32. The number of carbonyl (C=O) groups is 1. The van der Waals surface area contributed by atoms with Gasteiger partial charge in [-0.15, -0.1) is 0 Å². The molecule has 3 heteroatoms. The average Bonchev–Trinajstić information content (AvgIpc) is 2.30. The van der Waals surface area contributed by atoms with E-state index >= 15 is 0 Å². The molecule has 17 heavy (non-hydrogen) atoms. The molecule has 1 heterocycles. The van der Waals surface area contributed by atoms with Gasteiger partial charge in [-0.1, -0.05) is 33.6 Å². The van der Waals surface area contributed by atoms with Gasteiger partial charge >= 0.3 is 0 Å². The van der Waals surface area contributed by atoms with Gasteiger partial charge in [0, 0.05) is 32.1 Å². The van der Waals surface area contributed by atoms with E-state index in [9.17, 15) is 4.79 Å². The van der Waals surface area contributed by atoms with Crippen LogP contribution in [0.4, 0.5) is 0 Å². The first-order valence-corrected chi connectivity index (χ1v) is 7.14. The summed E-state index contributed by atoms with van der Waals surface area (Å²) >= 11 is 0. The van der Waals surface area contributed by atoms with Gasteiger partial charge in [-0.3, -0.25) is 4.79 Å². The summed E-state index contributed by atoms with van der Waals surface area (Å²) in [5.41, 5.74) is 0. The Morgan fingerprint density at radius 1 is 1.35 bits per heavy atom. The van der Waals surface area contributed by atoms with Crippen molar-refractivity contribution in [1.29, 1.82) is 0 Å². The zero-order valence-corrected chi connectivity index (χ0v) is 11.7. The van der Waals surface area contributed by atoms with Crippen LogP contribution in [0.15, 0.2) is 0 Å². The maximum Gasteiger partial charge on any atom is 0.223 e. The van der Waals surface area contributed by atoms with Gasteiger partial charge in [-0.25, -0.2) is 0 Å². The van der Waals surface area contributed by atoms with E-state index in [-0.39, 0.29) is 0 Å². The molecule has 1 aliphatic rings. The second-order valence-electron chi connectivity index (χ2n) is 5.47. The highest BCUT2D eigenvalue weighted by Crippen LogP contribution is 2.21. The van der Waals surface area contributed by atoms with Crippen molar-refractivity contribution in [3.63, 3.8) is 0 Å². The monoisotopic (exact) mass is 240 g/mol. The molecule has 100 valence electrons. The minimum absolute atomic E-state index is 0.327. The normalized spacial score (nSPS) is 17.8.